The minimum atomic E-state index is -1.35. The number of aliphatic hydroxyl groups excluding tert-OH is 1. The Morgan fingerprint density at radius 1 is 1.02 bits per heavy atom. The van der Waals surface area contributed by atoms with Crippen LogP contribution in [0.2, 0.25) is 0 Å². The van der Waals surface area contributed by atoms with Gasteiger partial charge in [0.15, 0.2) is 5.78 Å². The van der Waals surface area contributed by atoms with Crippen LogP contribution in [0.25, 0.3) is 0 Å². The number of carbonyl (C=O) groups is 2. The van der Waals surface area contributed by atoms with E-state index in [2.05, 4.69) is 35.2 Å². The standard InChI is InChI=1S/C35H37N5O4/c1-33(2)27-15-28(35(44,22-41)30(33)16-27)21-40-31(17-29(42)26-5-3-25(20-36)4-6-26)39-34(32(40)43,18-23-7-11-37-12-8-23)19-24-9-13-38-14-10-24/h3-14,17,27-28,30,39,41,44H,15-16,18-19,21-22H2,1-2H3. The summed E-state index contributed by atoms with van der Waals surface area (Å²) in [4.78, 5) is 38.2. The van der Waals surface area contributed by atoms with Gasteiger partial charge in [0, 0.05) is 61.7 Å². The number of aromatic nitrogens is 2. The Balaban J connectivity index is 1.41. The second-order valence-corrected chi connectivity index (χ2v) is 13.2. The lowest BCUT2D eigenvalue weighted by Gasteiger charge is -2.66. The molecule has 1 saturated heterocycles. The third-order valence-corrected chi connectivity index (χ3v) is 10.4. The highest BCUT2D eigenvalue weighted by atomic mass is 16.3. The number of aliphatic hydroxyl groups is 2. The minimum absolute atomic E-state index is 0.0829. The van der Waals surface area contributed by atoms with Gasteiger partial charge in [-0.2, -0.15) is 5.26 Å². The monoisotopic (exact) mass is 591 g/mol. The summed E-state index contributed by atoms with van der Waals surface area (Å²) in [6.45, 7) is 4.05. The molecule has 7 rings (SSSR count). The summed E-state index contributed by atoms with van der Waals surface area (Å²) in [5, 5.41) is 35.1. The molecule has 44 heavy (non-hydrogen) atoms. The van der Waals surface area contributed by atoms with Crippen molar-refractivity contribution < 1.29 is 19.8 Å². The van der Waals surface area contributed by atoms with Crippen molar-refractivity contribution in [2.75, 3.05) is 13.2 Å². The van der Waals surface area contributed by atoms with Crippen molar-refractivity contribution in [3.05, 3.63) is 107 Å². The zero-order valence-electron chi connectivity index (χ0n) is 25.0. The number of hydrogen-bond donors (Lipinski definition) is 3. The van der Waals surface area contributed by atoms with E-state index in [0.29, 0.717) is 42.1 Å². The number of nitrogens with one attached hydrogen (secondary N) is 1. The lowest BCUT2D eigenvalue weighted by Crippen LogP contribution is -2.68. The van der Waals surface area contributed by atoms with Gasteiger partial charge in [0.05, 0.1) is 23.8 Å². The summed E-state index contributed by atoms with van der Waals surface area (Å²) in [6, 6.07) is 15.9. The molecule has 4 fully saturated rings. The first kappa shape index (κ1) is 29.7. The van der Waals surface area contributed by atoms with E-state index in [4.69, 9.17) is 0 Å². The summed E-state index contributed by atoms with van der Waals surface area (Å²) < 4.78 is 0. The molecule has 3 heterocycles. The van der Waals surface area contributed by atoms with Gasteiger partial charge in [-0.1, -0.05) is 13.8 Å². The van der Waals surface area contributed by atoms with Crippen molar-refractivity contribution >= 4 is 11.7 Å². The molecule has 3 aliphatic carbocycles. The predicted molar refractivity (Wildman–Crippen MR) is 163 cm³/mol. The molecule has 4 aliphatic rings. The van der Waals surface area contributed by atoms with Crippen LogP contribution in [0.5, 0.6) is 0 Å². The second kappa shape index (κ2) is 11.3. The molecule has 226 valence electrons. The van der Waals surface area contributed by atoms with Crippen LogP contribution >= 0.6 is 0 Å². The Hall–Kier alpha value is -4.39. The van der Waals surface area contributed by atoms with E-state index in [1.165, 1.54) is 6.08 Å². The van der Waals surface area contributed by atoms with E-state index in [9.17, 15) is 25.1 Å². The molecule has 2 aromatic heterocycles. The Morgan fingerprint density at radius 3 is 2.14 bits per heavy atom. The molecule has 1 aliphatic heterocycles. The van der Waals surface area contributed by atoms with Gasteiger partial charge in [0.2, 0.25) is 0 Å². The molecular formula is C35H37N5O4. The first-order chi connectivity index (χ1) is 21.1. The van der Waals surface area contributed by atoms with E-state index in [1.54, 1.807) is 54.0 Å². The number of allylic oxidation sites excluding steroid dienone is 1. The summed E-state index contributed by atoms with van der Waals surface area (Å²) >= 11 is 0. The SMILES string of the molecule is CC1(C)C2CC(CN3C(=O)C(Cc4ccncc4)(Cc4ccncc4)NC3=CC(=O)c3ccc(C#N)cc3)C(O)(CO)C1C2. The Bertz CT molecular complexity index is 1570. The van der Waals surface area contributed by atoms with Crippen molar-refractivity contribution in [3.8, 4) is 6.07 Å². The quantitative estimate of drug-likeness (QED) is 0.254. The van der Waals surface area contributed by atoms with Crippen LogP contribution in [0, 0.1) is 34.5 Å². The number of ketones is 1. The summed E-state index contributed by atoms with van der Waals surface area (Å²) in [5.74, 6) is -0.249. The van der Waals surface area contributed by atoms with Crippen molar-refractivity contribution in [1.29, 1.82) is 5.26 Å². The Labute approximate surface area is 257 Å². The smallest absolute Gasteiger partial charge is 0.254 e. The minimum Gasteiger partial charge on any atom is -0.393 e. The fourth-order valence-electron chi connectivity index (χ4n) is 7.73. The van der Waals surface area contributed by atoms with E-state index >= 15 is 0 Å². The number of rotatable bonds is 9. The van der Waals surface area contributed by atoms with Gasteiger partial charge in [-0.15, -0.1) is 0 Å². The van der Waals surface area contributed by atoms with E-state index in [0.717, 1.165) is 17.5 Å². The largest absolute Gasteiger partial charge is 0.393 e. The van der Waals surface area contributed by atoms with E-state index in [1.807, 2.05) is 24.3 Å². The second-order valence-electron chi connectivity index (χ2n) is 13.2. The van der Waals surface area contributed by atoms with Crippen LogP contribution in [0.3, 0.4) is 0 Å². The number of benzene rings is 1. The fraction of sp³-hybridized carbons (Fsp3) is 0.400. The maximum absolute atomic E-state index is 14.7. The van der Waals surface area contributed by atoms with Gasteiger partial charge in [-0.25, -0.2) is 0 Å². The normalized spacial score (nSPS) is 27.3. The number of nitriles is 1. The number of pyridine rings is 2. The first-order valence-electron chi connectivity index (χ1n) is 15.1. The highest BCUT2D eigenvalue weighted by molar-refractivity contribution is 6.06. The summed E-state index contributed by atoms with van der Waals surface area (Å²) in [6.07, 6.45) is 10.4. The predicted octanol–water partition coefficient (Wildman–Crippen LogP) is 3.43. The zero-order valence-corrected chi connectivity index (χ0v) is 25.0. The van der Waals surface area contributed by atoms with Gasteiger partial charge in [0.25, 0.3) is 5.91 Å². The molecule has 3 saturated carbocycles. The highest BCUT2D eigenvalue weighted by Gasteiger charge is 2.65. The summed E-state index contributed by atoms with van der Waals surface area (Å²) in [7, 11) is 0. The molecule has 0 spiro atoms. The van der Waals surface area contributed by atoms with Crippen molar-refractivity contribution in [2.45, 2.75) is 50.7 Å². The van der Waals surface area contributed by atoms with Crippen molar-refractivity contribution in [3.63, 3.8) is 0 Å². The first-order valence-corrected chi connectivity index (χ1v) is 15.1. The van der Waals surface area contributed by atoms with Crippen LogP contribution in [0.4, 0.5) is 0 Å². The highest BCUT2D eigenvalue weighted by Crippen LogP contribution is 2.64. The van der Waals surface area contributed by atoms with E-state index in [-0.39, 0.29) is 35.5 Å². The average molecular weight is 592 g/mol. The van der Waals surface area contributed by atoms with E-state index < -0.39 is 17.7 Å². The van der Waals surface area contributed by atoms with Crippen LogP contribution in [-0.2, 0) is 17.6 Å². The fourth-order valence-corrected chi connectivity index (χ4v) is 7.73. The molecular weight excluding hydrogens is 554 g/mol. The van der Waals surface area contributed by atoms with Gasteiger partial charge in [-0.05, 0) is 89.8 Å². The van der Waals surface area contributed by atoms with Crippen molar-refractivity contribution in [1.82, 2.24) is 20.2 Å². The van der Waals surface area contributed by atoms with Crippen molar-refractivity contribution in [2.24, 2.45) is 23.2 Å². The van der Waals surface area contributed by atoms with Gasteiger partial charge in [-0.3, -0.25) is 24.5 Å². The maximum atomic E-state index is 14.7. The van der Waals surface area contributed by atoms with Gasteiger partial charge < -0.3 is 15.5 Å². The topological polar surface area (TPSA) is 139 Å². The van der Waals surface area contributed by atoms with Crippen LogP contribution in [-0.4, -0.2) is 61.1 Å². The number of nitrogens with zero attached hydrogens (tertiary/aromatic N) is 4. The molecule has 2 bridgehead atoms. The Kier molecular flexibility index (Phi) is 7.60. The maximum Gasteiger partial charge on any atom is 0.254 e. The zero-order chi connectivity index (χ0) is 31.1. The lowest BCUT2D eigenvalue weighted by atomic mass is 9.41. The molecule has 0 radical (unpaired) electrons. The Morgan fingerprint density at radius 2 is 1.61 bits per heavy atom. The summed E-state index contributed by atoms with van der Waals surface area (Å²) in [5.41, 5.74) is 0.0669. The average Bonchev–Trinajstić information content (AvgIpc) is 3.27. The van der Waals surface area contributed by atoms with Gasteiger partial charge >= 0.3 is 0 Å². The third-order valence-electron chi connectivity index (χ3n) is 10.4. The molecule has 4 atom stereocenters. The number of amides is 1. The third kappa shape index (κ3) is 5.08. The molecule has 9 heteroatoms. The van der Waals surface area contributed by atoms with Crippen LogP contribution < -0.4 is 5.32 Å². The molecule has 4 unspecified atom stereocenters. The number of fused-ring (bicyclic) bond motifs is 2. The number of carbonyl (C=O) groups excluding carboxylic acids is 2. The number of hydrogen-bond acceptors (Lipinski definition) is 8. The molecule has 3 aromatic rings. The lowest BCUT2D eigenvalue weighted by molar-refractivity contribution is -0.248. The van der Waals surface area contributed by atoms with Gasteiger partial charge in [0.1, 0.15) is 11.4 Å². The van der Waals surface area contributed by atoms with Crippen LogP contribution in [0.1, 0.15) is 53.7 Å². The molecule has 1 amide bonds. The molecule has 1 aromatic carbocycles. The molecule has 9 nitrogen and oxygen atoms in total. The molecule has 3 N–H and O–H groups in total. The van der Waals surface area contributed by atoms with Crippen LogP contribution in [0.15, 0.2) is 85.2 Å².